The van der Waals surface area contributed by atoms with Crippen LogP contribution >= 0.6 is 50.8 Å². The number of nitrogens with zero attached hydrogens (tertiary/aromatic N) is 1. The number of thiocarbonyl (C=S) groups is 1. The minimum absolute atomic E-state index is 0.489. The molecule has 2 heterocycles. The van der Waals surface area contributed by atoms with E-state index < -0.39 is 0 Å². The first-order valence-corrected chi connectivity index (χ1v) is 7.08. The molecule has 0 unspecified atom stereocenters. The fourth-order valence-electron chi connectivity index (χ4n) is 1.10. The zero-order chi connectivity index (χ0) is 10.8. The van der Waals surface area contributed by atoms with Gasteiger partial charge in [-0.2, -0.15) is 0 Å². The molecule has 2 N–H and O–H groups in total. The van der Waals surface area contributed by atoms with E-state index in [4.69, 9.17) is 18.0 Å². The third kappa shape index (κ3) is 2.84. The molecule has 0 radical (unpaired) electrons. The Bertz CT molecular complexity index is 489. The van der Waals surface area contributed by atoms with E-state index in [9.17, 15) is 0 Å². The van der Waals surface area contributed by atoms with Crippen molar-refractivity contribution in [1.29, 1.82) is 0 Å². The van der Waals surface area contributed by atoms with Gasteiger partial charge in [0, 0.05) is 21.7 Å². The van der Waals surface area contributed by atoms with Gasteiger partial charge in [0.25, 0.3) is 0 Å². The highest BCUT2D eigenvalue weighted by Gasteiger charge is 2.07. The predicted octanol–water partition coefficient (Wildman–Crippen LogP) is 3.46. The molecule has 2 nitrogen and oxygen atoms in total. The third-order valence-electron chi connectivity index (χ3n) is 1.70. The number of thiazole rings is 1. The fraction of sp³-hybridized carbons (Fsp3) is 0.111. The van der Waals surface area contributed by atoms with Gasteiger partial charge in [-0.05, 0) is 22.0 Å². The molecule has 0 bridgehead atoms. The average molecular weight is 319 g/mol. The van der Waals surface area contributed by atoms with Gasteiger partial charge < -0.3 is 5.73 Å². The smallest absolute Gasteiger partial charge is 0.100 e. The van der Waals surface area contributed by atoms with Crippen molar-refractivity contribution >= 4 is 55.8 Å². The van der Waals surface area contributed by atoms with Crippen LogP contribution in [-0.2, 0) is 6.42 Å². The van der Waals surface area contributed by atoms with Crippen LogP contribution < -0.4 is 5.73 Å². The van der Waals surface area contributed by atoms with Gasteiger partial charge in [0.15, 0.2) is 0 Å². The molecule has 0 aliphatic heterocycles. The van der Waals surface area contributed by atoms with Gasteiger partial charge in [-0.15, -0.1) is 22.7 Å². The van der Waals surface area contributed by atoms with Crippen molar-refractivity contribution in [3.63, 3.8) is 0 Å². The van der Waals surface area contributed by atoms with E-state index in [2.05, 4.69) is 27.0 Å². The minimum Gasteiger partial charge on any atom is -0.393 e. The van der Waals surface area contributed by atoms with Gasteiger partial charge in [0.1, 0.15) is 5.01 Å². The van der Waals surface area contributed by atoms with Crippen LogP contribution in [0.1, 0.15) is 5.01 Å². The van der Waals surface area contributed by atoms with E-state index in [1.807, 2.05) is 10.8 Å². The van der Waals surface area contributed by atoms with Gasteiger partial charge in [-0.3, -0.25) is 0 Å². The standard InChI is InChI=1S/C9H7BrN2S3/c10-5-1-7(14-3-5)6-4-15-9(12-6)2-8(11)13/h1,3-4H,2H2,(H2,11,13). The Hall–Kier alpha value is -0.300. The van der Waals surface area contributed by atoms with Gasteiger partial charge in [0.05, 0.1) is 15.6 Å². The molecule has 0 saturated carbocycles. The fourth-order valence-corrected chi connectivity index (χ4v) is 3.61. The second-order valence-electron chi connectivity index (χ2n) is 2.90. The molecule has 0 atom stereocenters. The Kier molecular flexibility index (Phi) is 3.50. The molecule has 0 aliphatic rings. The van der Waals surface area contributed by atoms with Crippen LogP contribution in [0.15, 0.2) is 21.3 Å². The van der Waals surface area contributed by atoms with Gasteiger partial charge in [0.2, 0.25) is 0 Å². The zero-order valence-electron chi connectivity index (χ0n) is 7.57. The van der Waals surface area contributed by atoms with Crippen molar-refractivity contribution < 1.29 is 0 Å². The zero-order valence-corrected chi connectivity index (χ0v) is 11.6. The molecule has 15 heavy (non-hydrogen) atoms. The molecule has 0 aromatic carbocycles. The summed E-state index contributed by atoms with van der Waals surface area (Å²) in [5.74, 6) is 0. The van der Waals surface area contributed by atoms with E-state index in [1.165, 1.54) is 0 Å². The largest absolute Gasteiger partial charge is 0.393 e. The molecule has 0 spiro atoms. The SMILES string of the molecule is NC(=S)Cc1nc(-c2cc(Br)cs2)cs1. The van der Waals surface area contributed by atoms with E-state index in [0.29, 0.717) is 11.4 Å². The molecule has 0 aliphatic carbocycles. The number of rotatable bonds is 3. The second kappa shape index (κ2) is 4.69. The monoisotopic (exact) mass is 318 g/mol. The van der Waals surface area contributed by atoms with Crippen molar-refractivity contribution in [2.75, 3.05) is 0 Å². The summed E-state index contributed by atoms with van der Waals surface area (Å²) in [5, 5.41) is 5.05. The predicted molar refractivity (Wildman–Crippen MR) is 73.6 cm³/mol. The number of thiophene rings is 1. The lowest BCUT2D eigenvalue weighted by Crippen LogP contribution is -2.10. The summed E-state index contributed by atoms with van der Waals surface area (Å²) in [4.78, 5) is 6.12. The van der Waals surface area contributed by atoms with E-state index in [0.717, 1.165) is 20.1 Å². The summed E-state index contributed by atoms with van der Waals surface area (Å²) in [7, 11) is 0. The molecule has 0 fully saturated rings. The van der Waals surface area contributed by atoms with Crippen LogP contribution in [-0.4, -0.2) is 9.97 Å². The van der Waals surface area contributed by atoms with Crippen molar-refractivity contribution in [2.24, 2.45) is 5.73 Å². The maximum atomic E-state index is 5.47. The topological polar surface area (TPSA) is 38.9 Å². The maximum Gasteiger partial charge on any atom is 0.100 e. The Labute approximate surface area is 109 Å². The highest BCUT2D eigenvalue weighted by molar-refractivity contribution is 9.10. The first-order chi connectivity index (χ1) is 7.15. The van der Waals surface area contributed by atoms with Crippen LogP contribution in [0.4, 0.5) is 0 Å². The molecule has 78 valence electrons. The molecule has 6 heteroatoms. The van der Waals surface area contributed by atoms with E-state index in [-0.39, 0.29) is 0 Å². The van der Waals surface area contributed by atoms with Gasteiger partial charge in [-0.1, -0.05) is 12.2 Å². The molecule has 0 amide bonds. The van der Waals surface area contributed by atoms with Gasteiger partial charge >= 0.3 is 0 Å². The number of hydrogen-bond acceptors (Lipinski definition) is 4. The summed E-state index contributed by atoms with van der Waals surface area (Å²) in [5.41, 5.74) is 6.47. The van der Waals surface area contributed by atoms with Crippen molar-refractivity contribution in [1.82, 2.24) is 4.98 Å². The first kappa shape index (κ1) is 11.2. The molecule has 2 aromatic rings. The quantitative estimate of drug-likeness (QED) is 0.881. The third-order valence-corrected chi connectivity index (χ3v) is 4.40. The highest BCUT2D eigenvalue weighted by atomic mass is 79.9. The van der Waals surface area contributed by atoms with Crippen molar-refractivity contribution in [3.05, 3.63) is 26.3 Å². The van der Waals surface area contributed by atoms with E-state index >= 15 is 0 Å². The molecule has 2 rings (SSSR count). The Morgan fingerprint density at radius 1 is 1.47 bits per heavy atom. The highest BCUT2D eigenvalue weighted by Crippen LogP contribution is 2.30. The Morgan fingerprint density at radius 3 is 2.87 bits per heavy atom. The lowest BCUT2D eigenvalue weighted by Gasteiger charge is -1.91. The maximum absolute atomic E-state index is 5.47. The number of aromatic nitrogens is 1. The second-order valence-corrected chi connectivity index (χ2v) is 6.19. The Balaban J connectivity index is 2.23. The molecule has 0 saturated heterocycles. The van der Waals surface area contributed by atoms with Crippen LogP contribution in [0.3, 0.4) is 0 Å². The average Bonchev–Trinajstić information content (AvgIpc) is 2.72. The summed E-state index contributed by atoms with van der Waals surface area (Å²) < 4.78 is 1.09. The number of nitrogens with two attached hydrogens (primary N) is 1. The van der Waals surface area contributed by atoms with Crippen LogP contribution in [0.2, 0.25) is 0 Å². The molecule has 2 aromatic heterocycles. The summed E-state index contributed by atoms with van der Waals surface area (Å²) in [6, 6.07) is 2.06. The first-order valence-electron chi connectivity index (χ1n) is 4.12. The van der Waals surface area contributed by atoms with Crippen molar-refractivity contribution in [3.8, 4) is 10.6 Å². The molecular formula is C9H7BrN2S3. The van der Waals surface area contributed by atoms with Crippen LogP contribution in [0.5, 0.6) is 0 Å². The van der Waals surface area contributed by atoms with Gasteiger partial charge in [-0.25, -0.2) is 4.98 Å². The molecular weight excluding hydrogens is 312 g/mol. The summed E-state index contributed by atoms with van der Waals surface area (Å²) in [6.45, 7) is 0. The number of halogens is 1. The van der Waals surface area contributed by atoms with Crippen LogP contribution in [0, 0.1) is 0 Å². The minimum atomic E-state index is 0.489. The summed E-state index contributed by atoms with van der Waals surface area (Å²) in [6.07, 6.45) is 0.590. The van der Waals surface area contributed by atoms with Crippen LogP contribution in [0.25, 0.3) is 10.6 Å². The van der Waals surface area contributed by atoms with E-state index in [1.54, 1.807) is 22.7 Å². The normalized spacial score (nSPS) is 10.5. The lowest BCUT2D eigenvalue weighted by atomic mass is 10.4. The Morgan fingerprint density at radius 2 is 2.27 bits per heavy atom. The van der Waals surface area contributed by atoms with Crippen molar-refractivity contribution in [2.45, 2.75) is 6.42 Å². The number of hydrogen-bond donors (Lipinski definition) is 1. The lowest BCUT2D eigenvalue weighted by molar-refractivity contribution is 1.23. The summed E-state index contributed by atoms with van der Waals surface area (Å²) >= 11 is 11.5.